The van der Waals surface area contributed by atoms with E-state index in [0.717, 1.165) is 5.39 Å². The molecule has 0 saturated carbocycles. The van der Waals surface area contributed by atoms with Crippen LogP contribution in [-0.4, -0.2) is 22.8 Å². The molecule has 1 heterocycles. The van der Waals surface area contributed by atoms with Crippen molar-refractivity contribution in [2.75, 3.05) is 6.61 Å². The van der Waals surface area contributed by atoms with Crippen LogP contribution in [0, 0.1) is 0 Å². The highest BCUT2D eigenvalue weighted by Crippen LogP contribution is 2.24. The molecular formula is C11H11NO4. The number of aliphatic hydroxyl groups excluding tert-OH is 1. The fraction of sp³-hybridized carbons (Fsp3) is 0.273. The third-order valence-corrected chi connectivity index (χ3v) is 2.22. The van der Waals surface area contributed by atoms with Crippen molar-refractivity contribution in [3.05, 3.63) is 30.0 Å². The SMILES string of the molecule is CCOC(=O)C(O)c1cccc2cnoc12. The first-order valence-electron chi connectivity index (χ1n) is 4.92. The first kappa shape index (κ1) is 10.6. The van der Waals surface area contributed by atoms with Crippen LogP contribution in [0.3, 0.4) is 0 Å². The zero-order valence-electron chi connectivity index (χ0n) is 8.71. The molecular weight excluding hydrogens is 210 g/mol. The maximum Gasteiger partial charge on any atom is 0.339 e. The number of benzene rings is 1. The molecule has 1 aromatic carbocycles. The molecule has 5 heteroatoms. The monoisotopic (exact) mass is 221 g/mol. The Labute approximate surface area is 91.6 Å². The van der Waals surface area contributed by atoms with Gasteiger partial charge in [0.1, 0.15) is 0 Å². The number of carbonyl (C=O) groups excluding carboxylic acids is 1. The van der Waals surface area contributed by atoms with Crippen molar-refractivity contribution in [1.29, 1.82) is 0 Å². The highest BCUT2D eigenvalue weighted by atomic mass is 16.5. The number of aromatic nitrogens is 1. The van der Waals surface area contributed by atoms with Gasteiger partial charge in [-0.1, -0.05) is 17.3 Å². The molecule has 1 aromatic heterocycles. The van der Waals surface area contributed by atoms with Gasteiger partial charge in [-0.3, -0.25) is 0 Å². The molecule has 0 aliphatic rings. The number of esters is 1. The lowest BCUT2D eigenvalue weighted by atomic mass is 10.1. The molecule has 0 amide bonds. The zero-order valence-corrected chi connectivity index (χ0v) is 8.71. The first-order valence-corrected chi connectivity index (χ1v) is 4.92. The standard InChI is InChI=1S/C11H11NO4/c1-2-15-11(14)9(13)8-5-3-4-7-6-12-16-10(7)8/h3-6,9,13H,2H2,1H3. The van der Waals surface area contributed by atoms with Crippen LogP contribution < -0.4 is 0 Å². The summed E-state index contributed by atoms with van der Waals surface area (Å²) in [6.07, 6.45) is 0.188. The van der Waals surface area contributed by atoms with Crippen LogP contribution in [-0.2, 0) is 9.53 Å². The third-order valence-electron chi connectivity index (χ3n) is 2.22. The molecule has 0 spiro atoms. The fourth-order valence-electron chi connectivity index (χ4n) is 1.48. The Bertz CT molecular complexity index is 505. The molecule has 0 fully saturated rings. The van der Waals surface area contributed by atoms with E-state index in [1.165, 1.54) is 6.20 Å². The minimum atomic E-state index is -1.34. The number of nitrogens with zero attached hydrogens (tertiary/aromatic N) is 1. The maximum absolute atomic E-state index is 11.4. The van der Waals surface area contributed by atoms with Crippen LogP contribution in [0.25, 0.3) is 11.0 Å². The Hall–Kier alpha value is -1.88. The summed E-state index contributed by atoms with van der Waals surface area (Å²) in [6.45, 7) is 1.90. The van der Waals surface area contributed by atoms with E-state index >= 15 is 0 Å². The first-order chi connectivity index (χ1) is 7.74. The number of fused-ring (bicyclic) bond motifs is 1. The van der Waals surface area contributed by atoms with Gasteiger partial charge in [0, 0.05) is 10.9 Å². The lowest BCUT2D eigenvalue weighted by Crippen LogP contribution is -2.15. The van der Waals surface area contributed by atoms with Crippen LogP contribution in [0.15, 0.2) is 28.9 Å². The molecule has 0 aliphatic carbocycles. The van der Waals surface area contributed by atoms with E-state index in [0.29, 0.717) is 11.1 Å². The topological polar surface area (TPSA) is 72.6 Å². The van der Waals surface area contributed by atoms with Crippen molar-refractivity contribution in [2.24, 2.45) is 0 Å². The molecule has 16 heavy (non-hydrogen) atoms. The summed E-state index contributed by atoms with van der Waals surface area (Å²) in [4.78, 5) is 11.4. The van der Waals surface area contributed by atoms with Crippen LogP contribution in [0.1, 0.15) is 18.6 Å². The quantitative estimate of drug-likeness (QED) is 0.793. The number of carbonyl (C=O) groups is 1. The molecule has 5 nitrogen and oxygen atoms in total. The molecule has 0 saturated heterocycles. The van der Waals surface area contributed by atoms with Crippen molar-refractivity contribution >= 4 is 16.9 Å². The van der Waals surface area contributed by atoms with Crippen LogP contribution in [0.5, 0.6) is 0 Å². The second kappa shape index (κ2) is 4.32. The fourth-order valence-corrected chi connectivity index (χ4v) is 1.48. The highest BCUT2D eigenvalue weighted by molar-refractivity contribution is 5.86. The van der Waals surface area contributed by atoms with Crippen LogP contribution in [0.2, 0.25) is 0 Å². The molecule has 0 bridgehead atoms. The smallest absolute Gasteiger partial charge is 0.339 e. The van der Waals surface area contributed by atoms with E-state index in [4.69, 9.17) is 9.26 Å². The summed E-state index contributed by atoms with van der Waals surface area (Å²) < 4.78 is 9.71. The van der Waals surface area contributed by atoms with Gasteiger partial charge in [-0.15, -0.1) is 0 Å². The maximum atomic E-state index is 11.4. The van der Waals surface area contributed by atoms with Gasteiger partial charge in [-0.2, -0.15) is 0 Å². The Kier molecular flexibility index (Phi) is 2.87. The summed E-state index contributed by atoms with van der Waals surface area (Å²) in [5, 5.41) is 14.1. The van der Waals surface area contributed by atoms with Crippen LogP contribution in [0.4, 0.5) is 0 Å². The minimum absolute atomic E-state index is 0.224. The molecule has 1 atom stereocenters. The number of para-hydroxylation sites is 1. The van der Waals surface area contributed by atoms with E-state index < -0.39 is 12.1 Å². The van der Waals surface area contributed by atoms with E-state index in [1.807, 2.05) is 0 Å². The van der Waals surface area contributed by atoms with Crippen molar-refractivity contribution in [3.63, 3.8) is 0 Å². The van der Waals surface area contributed by atoms with Gasteiger partial charge in [0.2, 0.25) is 0 Å². The normalized spacial score (nSPS) is 12.6. The van der Waals surface area contributed by atoms with Crippen LogP contribution >= 0.6 is 0 Å². The summed E-state index contributed by atoms with van der Waals surface area (Å²) in [5.74, 6) is -0.689. The molecule has 1 unspecified atom stereocenters. The number of ether oxygens (including phenoxy) is 1. The van der Waals surface area contributed by atoms with Gasteiger partial charge in [0.05, 0.1) is 12.8 Å². The van der Waals surface area contributed by atoms with Gasteiger partial charge in [-0.25, -0.2) is 4.79 Å². The summed E-state index contributed by atoms with van der Waals surface area (Å²) in [7, 11) is 0. The van der Waals surface area contributed by atoms with E-state index in [9.17, 15) is 9.90 Å². The molecule has 1 N–H and O–H groups in total. The van der Waals surface area contributed by atoms with Gasteiger partial charge in [0.15, 0.2) is 11.7 Å². The molecule has 84 valence electrons. The van der Waals surface area contributed by atoms with Gasteiger partial charge in [-0.05, 0) is 13.0 Å². The highest BCUT2D eigenvalue weighted by Gasteiger charge is 2.22. The number of rotatable bonds is 3. The lowest BCUT2D eigenvalue weighted by molar-refractivity contribution is -0.153. The minimum Gasteiger partial charge on any atom is -0.464 e. The number of hydrogen-bond acceptors (Lipinski definition) is 5. The second-order valence-corrected chi connectivity index (χ2v) is 3.25. The number of aliphatic hydroxyl groups is 1. The number of hydrogen-bond donors (Lipinski definition) is 1. The molecule has 0 radical (unpaired) electrons. The predicted molar refractivity (Wildman–Crippen MR) is 55.6 cm³/mol. The third kappa shape index (κ3) is 1.77. The Morgan fingerprint density at radius 1 is 1.62 bits per heavy atom. The molecule has 2 aromatic rings. The summed E-state index contributed by atoms with van der Waals surface area (Å²) in [6, 6.07) is 5.11. The van der Waals surface area contributed by atoms with Gasteiger partial charge < -0.3 is 14.4 Å². The molecule has 2 rings (SSSR count). The van der Waals surface area contributed by atoms with Crippen molar-refractivity contribution < 1.29 is 19.2 Å². The Morgan fingerprint density at radius 2 is 2.44 bits per heavy atom. The summed E-state index contributed by atoms with van der Waals surface area (Å²) >= 11 is 0. The van der Waals surface area contributed by atoms with E-state index in [1.54, 1.807) is 25.1 Å². The van der Waals surface area contributed by atoms with E-state index in [2.05, 4.69) is 5.16 Å². The van der Waals surface area contributed by atoms with Gasteiger partial charge in [0.25, 0.3) is 0 Å². The van der Waals surface area contributed by atoms with E-state index in [-0.39, 0.29) is 6.61 Å². The summed E-state index contributed by atoms with van der Waals surface area (Å²) in [5.41, 5.74) is 0.775. The average Bonchev–Trinajstić information content (AvgIpc) is 2.76. The predicted octanol–water partition coefficient (Wildman–Crippen LogP) is 1.42. The van der Waals surface area contributed by atoms with Crippen molar-refractivity contribution in [3.8, 4) is 0 Å². The Morgan fingerprint density at radius 3 is 3.19 bits per heavy atom. The Balaban J connectivity index is 2.39. The average molecular weight is 221 g/mol. The van der Waals surface area contributed by atoms with Gasteiger partial charge >= 0.3 is 5.97 Å². The zero-order chi connectivity index (χ0) is 11.5. The molecule has 0 aliphatic heterocycles. The van der Waals surface area contributed by atoms with Crippen molar-refractivity contribution in [2.45, 2.75) is 13.0 Å². The largest absolute Gasteiger partial charge is 0.464 e. The second-order valence-electron chi connectivity index (χ2n) is 3.25. The van der Waals surface area contributed by atoms with Crippen molar-refractivity contribution in [1.82, 2.24) is 5.16 Å². The lowest BCUT2D eigenvalue weighted by Gasteiger charge is -2.09.